The summed E-state index contributed by atoms with van der Waals surface area (Å²) in [4.78, 5) is 34.7. The number of amides is 1. The van der Waals surface area contributed by atoms with E-state index in [1.54, 1.807) is 63.2 Å². The van der Waals surface area contributed by atoms with Gasteiger partial charge in [-0.15, -0.1) is 0 Å². The number of hydrogen-bond donors (Lipinski definition) is 1. The first-order valence-corrected chi connectivity index (χ1v) is 15.0. The van der Waals surface area contributed by atoms with Crippen molar-refractivity contribution in [2.24, 2.45) is 0 Å². The molecule has 4 rings (SSSR count). The molecule has 1 N–H and O–H groups in total. The van der Waals surface area contributed by atoms with Crippen LogP contribution in [0.4, 0.5) is 10.1 Å². The highest BCUT2D eigenvalue weighted by Crippen LogP contribution is 2.47. The Labute approximate surface area is 249 Å². The minimum absolute atomic E-state index is 0.00818. The van der Waals surface area contributed by atoms with Gasteiger partial charge in [-0.2, -0.15) is 4.39 Å². The molecule has 43 heavy (non-hydrogen) atoms. The molecule has 4 aromatic rings. The number of aromatic nitrogens is 3. The SMILES string of the molecule is CCOP(=O)(O)OC(C)n1cc(-c2ccnc(F)c2)c2cc(-c3cc(OC)cc(N(C)C(=O)C=CCN(C)C)c3)cnc21. The van der Waals surface area contributed by atoms with Crippen molar-refractivity contribution in [3.05, 3.63) is 73.1 Å². The fraction of sp³-hybridized carbons (Fsp3) is 0.300. The maximum Gasteiger partial charge on any atom is 0.474 e. The third-order valence-corrected chi connectivity index (χ3v) is 7.74. The van der Waals surface area contributed by atoms with Crippen LogP contribution in [0.2, 0.25) is 0 Å². The summed E-state index contributed by atoms with van der Waals surface area (Å²) in [6.45, 7) is 3.79. The van der Waals surface area contributed by atoms with Gasteiger partial charge in [0.15, 0.2) is 0 Å². The molecular weight excluding hydrogens is 576 g/mol. The average molecular weight is 612 g/mol. The van der Waals surface area contributed by atoms with Gasteiger partial charge in [-0.1, -0.05) is 6.08 Å². The van der Waals surface area contributed by atoms with Crippen LogP contribution in [0.1, 0.15) is 20.1 Å². The van der Waals surface area contributed by atoms with Crippen LogP contribution < -0.4 is 9.64 Å². The number of rotatable bonds is 12. The zero-order valence-corrected chi connectivity index (χ0v) is 25.8. The number of halogens is 1. The molecule has 3 aromatic heterocycles. The maximum atomic E-state index is 14.2. The molecule has 0 saturated carbocycles. The van der Waals surface area contributed by atoms with Crippen LogP contribution in [0.15, 0.2) is 67.1 Å². The highest BCUT2D eigenvalue weighted by atomic mass is 31.2. The number of carbonyl (C=O) groups is 1. The van der Waals surface area contributed by atoms with E-state index in [1.165, 1.54) is 23.2 Å². The Morgan fingerprint density at radius 2 is 1.91 bits per heavy atom. The molecule has 0 aliphatic heterocycles. The molecule has 1 aromatic carbocycles. The zero-order valence-electron chi connectivity index (χ0n) is 24.9. The Bertz CT molecular complexity index is 1690. The van der Waals surface area contributed by atoms with Crippen LogP contribution in [0.5, 0.6) is 5.75 Å². The lowest BCUT2D eigenvalue weighted by Crippen LogP contribution is -2.24. The van der Waals surface area contributed by atoms with Gasteiger partial charge in [-0.05, 0) is 63.3 Å². The second-order valence-electron chi connectivity index (χ2n) is 9.99. The number of nitrogens with zero attached hydrogens (tertiary/aromatic N) is 5. The van der Waals surface area contributed by atoms with E-state index in [9.17, 15) is 18.6 Å². The molecule has 2 unspecified atom stereocenters. The Balaban J connectivity index is 1.81. The van der Waals surface area contributed by atoms with E-state index < -0.39 is 20.0 Å². The van der Waals surface area contributed by atoms with Crippen LogP contribution in [-0.4, -0.2) is 71.6 Å². The highest BCUT2D eigenvalue weighted by molar-refractivity contribution is 7.47. The van der Waals surface area contributed by atoms with Crippen molar-refractivity contribution in [2.45, 2.75) is 20.1 Å². The van der Waals surface area contributed by atoms with Crippen LogP contribution in [0, 0.1) is 5.95 Å². The molecule has 0 fully saturated rings. The lowest BCUT2D eigenvalue weighted by Gasteiger charge is -2.19. The molecule has 0 spiro atoms. The van der Waals surface area contributed by atoms with Gasteiger partial charge in [0.1, 0.15) is 17.6 Å². The van der Waals surface area contributed by atoms with E-state index in [2.05, 4.69) is 9.97 Å². The Kier molecular flexibility index (Phi) is 10.1. The minimum atomic E-state index is -4.34. The third kappa shape index (κ3) is 7.73. The summed E-state index contributed by atoms with van der Waals surface area (Å²) in [5, 5.41) is 0.628. The Hall–Kier alpha value is -3.93. The molecular formula is C30H35FN5O6P. The van der Waals surface area contributed by atoms with Crippen LogP contribution in [0.25, 0.3) is 33.3 Å². The van der Waals surface area contributed by atoms with E-state index in [-0.39, 0.29) is 12.5 Å². The predicted octanol–water partition coefficient (Wildman–Crippen LogP) is 5.67. The van der Waals surface area contributed by atoms with Crippen molar-refractivity contribution in [3.8, 4) is 28.0 Å². The number of pyridine rings is 2. The minimum Gasteiger partial charge on any atom is -0.497 e. The fourth-order valence-corrected chi connectivity index (χ4v) is 5.34. The van der Waals surface area contributed by atoms with E-state index in [4.69, 9.17) is 13.8 Å². The molecule has 0 bridgehead atoms. The first-order valence-electron chi connectivity index (χ1n) is 13.5. The lowest BCUT2D eigenvalue weighted by atomic mass is 10.0. The number of likely N-dealkylation sites (N-methyl/N-ethyl adjacent to an activating group) is 2. The van der Waals surface area contributed by atoms with Crippen molar-refractivity contribution in [1.82, 2.24) is 19.4 Å². The number of benzene rings is 1. The van der Waals surface area contributed by atoms with Crippen molar-refractivity contribution in [3.63, 3.8) is 0 Å². The summed E-state index contributed by atoms with van der Waals surface area (Å²) in [7, 11) is 2.73. The quantitative estimate of drug-likeness (QED) is 0.123. The van der Waals surface area contributed by atoms with Crippen molar-refractivity contribution in [2.75, 3.05) is 46.3 Å². The highest BCUT2D eigenvalue weighted by Gasteiger charge is 2.27. The average Bonchev–Trinajstić information content (AvgIpc) is 3.35. The fourth-order valence-electron chi connectivity index (χ4n) is 4.47. The van der Waals surface area contributed by atoms with Gasteiger partial charge < -0.3 is 24.0 Å². The van der Waals surface area contributed by atoms with Gasteiger partial charge in [-0.3, -0.25) is 13.8 Å². The molecule has 11 nitrogen and oxygen atoms in total. The van der Waals surface area contributed by atoms with Crippen LogP contribution in [0.3, 0.4) is 0 Å². The second-order valence-corrected chi connectivity index (χ2v) is 11.4. The van der Waals surface area contributed by atoms with Gasteiger partial charge in [0.05, 0.1) is 13.7 Å². The van der Waals surface area contributed by atoms with E-state index in [0.717, 1.165) is 5.56 Å². The number of phosphoric acid groups is 1. The standard InChI is InChI=1S/C30H35FN5O6P/c1-7-41-43(38,39)42-20(2)36-19-27(21-10-11-32-28(31)16-21)26-15-23(18-33-30(26)36)22-13-24(17-25(14-22)40-6)35(5)29(37)9-8-12-34(3)4/h8-11,13-20H,7,12H2,1-6H3,(H,38,39). The van der Waals surface area contributed by atoms with Crippen molar-refractivity contribution < 1.29 is 32.4 Å². The molecule has 228 valence electrons. The van der Waals surface area contributed by atoms with Crippen LogP contribution >= 0.6 is 7.82 Å². The summed E-state index contributed by atoms with van der Waals surface area (Å²) >= 11 is 0. The van der Waals surface area contributed by atoms with E-state index in [0.29, 0.717) is 45.7 Å². The topological polar surface area (TPSA) is 119 Å². The summed E-state index contributed by atoms with van der Waals surface area (Å²) in [5.74, 6) is -0.320. The number of methoxy groups -OCH3 is 1. The first-order chi connectivity index (χ1) is 20.4. The maximum absolute atomic E-state index is 14.2. The predicted molar refractivity (Wildman–Crippen MR) is 163 cm³/mol. The number of phosphoric ester groups is 1. The Morgan fingerprint density at radius 3 is 2.58 bits per heavy atom. The van der Waals surface area contributed by atoms with Crippen molar-refractivity contribution >= 4 is 30.5 Å². The van der Waals surface area contributed by atoms with Gasteiger partial charge in [0.25, 0.3) is 0 Å². The number of anilines is 1. The Morgan fingerprint density at radius 1 is 1.14 bits per heavy atom. The molecule has 13 heteroatoms. The molecule has 0 aliphatic carbocycles. The summed E-state index contributed by atoms with van der Waals surface area (Å²) < 4.78 is 43.9. The summed E-state index contributed by atoms with van der Waals surface area (Å²) in [6.07, 6.45) is 7.04. The molecule has 0 aliphatic rings. The van der Waals surface area contributed by atoms with Gasteiger partial charge in [-0.25, -0.2) is 14.5 Å². The smallest absolute Gasteiger partial charge is 0.474 e. The van der Waals surface area contributed by atoms with Crippen molar-refractivity contribution in [1.29, 1.82) is 0 Å². The van der Waals surface area contributed by atoms with E-state index >= 15 is 0 Å². The largest absolute Gasteiger partial charge is 0.497 e. The van der Waals surface area contributed by atoms with Crippen LogP contribution in [-0.2, 0) is 18.4 Å². The number of hydrogen-bond acceptors (Lipinski definition) is 8. The molecule has 3 heterocycles. The monoisotopic (exact) mass is 611 g/mol. The number of ether oxygens (including phenoxy) is 1. The third-order valence-electron chi connectivity index (χ3n) is 6.59. The summed E-state index contributed by atoms with van der Waals surface area (Å²) in [6, 6.07) is 10.3. The first kappa shape index (κ1) is 32.0. The zero-order chi connectivity index (χ0) is 31.3. The van der Waals surface area contributed by atoms with Gasteiger partial charge >= 0.3 is 7.82 Å². The molecule has 0 radical (unpaired) electrons. The second kappa shape index (κ2) is 13.6. The molecule has 0 saturated heterocycles. The van der Waals surface area contributed by atoms with Gasteiger partial charge in [0, 0.05) is 72.6 Å². The van der Waals surface area contributed by atoms with Gasteiger partial charge in [0.2, 0.25) is 11.9 Å². The normalized spacial score (nSPS) is 13.9. The summed E-state index contributed by atoms with van der Waals surface area (Å²) in [5.41, 5.74) is 3.59. The lowest BCUT2D eigenvalue weighted by molar-refractivity contribution is -0.113. The number of carbonyl (C=O) groups excluding carboxylic acids is 1. The van der Waals surface area contributed by atoms with E-state index in [1.807, 2.05) is 37.2 Å². The number of fused-ring (bicyclic) bond motifs is 1. The molecule has 2 atom stereocenters. The molecule has 1 amide bonds.